The molecule has 1 aliphatic heterocycles. The van der Waals surface area contributed by atoms with Crippen LogP contribution >= 0.6 is 0 Å². The van der Waals surface area contributed by atoms with Gasteiger partial charge in [0.05, 0.1) is 0 Å². The molecule has 6 heteroatoms. The van der Waals surface area contributed by atoms with E-state index in [0.29, 0.717) is 5.84 Å². The van der Waals surface area contributed by atoms with Crippen LogP contribution in [0.15, 0.2) is 33.8 Å². The van der Waals surface area contributed by atoms with Crippen molar-refractivity contribution >= 4 is 15.9 Å². The molecule has 0 unspecified atom stereocenters. The highest BCUT2D eigenvalue weighted by Gasteiger charge is 2.18. The van der Waals surface area contributed by atoms with E-state index in [1.807, 2.05) is 11.9 Å². The summed E-state index contributed by atoms with van der Waals surface area (Å²) in [5.41, 5.74) is 0. The molecule has 1 fully saturated rings. The van der Waals surface area contributed by atoms with Gasteiger partial charge in [0.2, 0.25) is 0 Å². The number of pyridine rings is 1. The fraction of sp³-hybridized carbons (Fsp3) is 0.455. The number of piperidine rings is 1. The molecule has 1 saturated heterocycles. The van der Waals surface area contributed by atoms with Crippen LogP contribution in [0.1, 0.15) is 19.3 Å². The fourth-order valence-corrected chi connectivity index (χ4v) is 2.82. The van der Waals surface area contributed by atoms with E-state index in [1.54, 1.807) is 12.3 Å². The molecule has 17 heavy (non-hydrogen) atoms. The Morgan fingerprint density at radius 3 is 2.88 bits per heavy atom. The lowest BCUT2D eigenvalue weighted by Gasteiger charge is -2.25. The first-order valence-corrected chi connectivity index (χ1v) is 6.98. The summed E-state index contributed by atoms with van der Waals surface area (Å²) >= 11 is 0. The van der Waals surface area contributed by atoms with Gasteiger partial charge in [-0.3, -0.25) is 4.98 Å². The second-order valence-corrected chi connectivity index (χ2v) is 5.65. The van der Waals surface area contributed by atoms with Crippen molar-refractivity contribution in [3.8, 4) is 0 Å². The summed E-state index contributed by atoms with van der Waals surface area (Å²) in [5.74, 6) is 0.639. The predicted molar refractivity (Wildman–Crippen MR) is 65.3 cm³/mol. The Balaban J connectivity index is 2.31. The third kappa shape index (κ3) is 2.82. The molecule has 1 aromatic heterocycles. The van der Waals surface area contributed by atoms with Gasteiger partial charge in [-0.15, -0.1) is 4.40 Å². The van der Waals surface area contributed by atoms with Gasteiger partial charge in [0.25, 0.3) is 10.0 Å². The van der Waals surface area contributed by atoms with Crippen LogP contribution in [0, 0.1) is 0 Å². The van der Waals surface area contributed by atoms with Crippen LogP contribution in [0.2, 0.25) is 0 Å². The van der Waals surface area contributed by atoms with Crippen LogP contribution in [-0.4, -0.2) is 37.7 Å². The van der Waals surface area contributed by atoms with Crippen LogP contribution in [0.5, 0.6) is 0 Å². The van der Waals surface area contributed by atoms with Gasteiger partial charge in [0, 0.05) is 32.4 Å². The highest BCUT2D eigenvalue weighted by Crippen LogP contribution is 2.15. The zero-order valence-electron chi connectivity index (χ0n) is 9.70. The van der Waals surface area contributed by atoms with Crippen molar-refractivity contribution in [2.45, 2.75) is 24.2 Å². The molecule has 92 valence electrons. The highest BCUT2D eigenvalue weighted by atomic mass is 32.2. The highest BCUT2D eigenvalue weighted by molar-refractivity contribution is 7.90. The lowest BCUT2D eigenvalue weighted by atomic mass is 10.1. The van der Waals surface area contributed by atoms with Crippen LogP contribution in [0.25, 0.3) is 0 Å². The van der Waals surface area contributed by atoms with Crippen molar-refractivity contribution in [3.05, 3.63) is 24.5 Å². The van der Waals surface area contributed by atoms with Crippen molar-refractivity contribution in [2.75, 3.05) is 13.6 Å². The number of sulfonamides is 1. The largest absolute Gasteiger partial charge is 0.362 e. The van der Waals surface area contributed by atoms with Crippen LogP contribution in [0.3, 0.4) is 0 Å². The number of likely N-dealkylation sites (tertiary alicyclic amines) is 1. The van der Waals surface area contributed by atoms with Gasteiger partial charge in [0.1, 0.15) is 10.7 Å². The maximum Gasteiger partial charge on any atom is 0.285 e. The summed E-state index contributed by atoms with van der Waals surface area (Å²) in [4.78, 5) is 5.85. The Hall–Kier alpha value is -1.43. The summed E-state index contributed by atoms with van der Waals surface area (Å²) in [6, 6.07) is 3.10. The Labute approximate surface area is 101 Å². The Morgan fingerprint density at radius 2 is 2.24 bits per heavy atom. The third-order valence-corrected chi connectivity index (χ3v) is 4.03. The Morgan fingerprint density at radius 1 is 1.41 bits per heavy atom. The van der Waals surface area contributed by atoms with Crippen LogP contribution < -0.4 is 0 Å². The molecule has 0 aliphatic carbocycles. The number of nitrogens with zero attached hydrogens (tertiary/aromatic N) is 3. The van der Waals surface area contributed by atoms with Gasteiger partial charge in [-0.1, -0.05) is 0 Å². The fourth-order valence-electron chi connectivity index (χ4n) is 1.76. The van der Waals surface area contributed by atoms with Gasteiger partial charge >= 0.3 is 0 Å². The molecule has 0 spiro atoms. The first kappa shape index (κ1) is 12.0. The van der Waals surface area contributed by atoms with Gasteiger partial charge in [-0.05, 0) is 25.0 Å². The average Bonchev–Trinajstić information content (AvgIpc) is 2.33. The molecule has 1 aliphatic rings. The molecule has 0 atom stereocenters. The number of rotatable bonds is 2. The molecule has 0 saturated carbocycles. The number of amidine groups is 1. The van der Waals surface area contributed by atoms with E-state index in [-0.39, 0.29) is 4.90 Å². The maximum atomic E-state index is 12.0. The van der Waals surface area contributed by atoms with Crippen LogP contribution in [0.4, 0.5) is 0 Å². The first-order valence-electron chi connectivity index (χ1n) is 5.54. The smallest absolute Gasteiger partial charge is 0.285 e. The van der Waals surface area contributed by atoms with E-state index in [4.69, 9.17) is 0 Å². The topological polar surface area (TPSA) is 62.6 Å². The molecule has 0 radical (unpaired) electrons. The number of hydrogen-bond acceptors (Lipinski definition) is 3. The van der Waals surface area contributed by atoms with Crippen molar-refractivity contribution in [2.24, 2.45) is 4.40 Å². The van der Waals surface area contributed by atoms with E-state index in [1.165, 1.54) is 12.3 Å². The lowest BCUT2D eigenvalue weighted by Crippen LogP contribution is -2.32. The summed E-state index contributed by atoms with van der Waals surface area (Å²) in [6.45, 7) is 0.862. The standard InChI is InChI=1S/C11H15N3O2S/c1-14-8-3-2-6-11(14)13-17(15,16)10-5-4-7-12-9-10/h4-5,7,9H,2-3,6,8H2,1H3/b13-11+. The van der Waals surface area contributed by atoms with Crippen molar-refractivity contribution in [1.29, 1.82) is 0 Å². The maximum absolute atomic E-state index is 12.0. The number of hydrogen-bond donors (Lipinski definition) is 0. The minimum atomic E-state index is -3.61. The van der Waals surface area contributed by atoms with E-state index < -0.39 is 10.0 Å². The van der Waals surface area contributed by atoms with Gasteiger partial charge in [-0.25, -0.2) is 0 Å². The van der Waals surface area contributed by atoms with Crippen molar-refractivity contribution in [3.63, 3.8) is 0 Å². The minimum absolute atomic E-state index is 0.145. The monoisotopic (exact) mass is 253 g/mol. The quantitative estimate of drug-likeness (QED) is 0.796. The van der Waals surface area contributed by atoms with Crippen LogP contribution in [-0.2, 0) is 10.0 Å². The average molecular weight is 253 g/mol. The third-order valence-electron chi connectivity index (χ3n) is 2.74. The Kier molecular flexibility index (Phi) is 3.42. The zero-order valence-corrected chi connectivity index (χ0v) is 10.5. The van der Waals surface area contributed by atoms with Crippen molar-refractivity contribution in [1.82, 2.24) is 9.88 Å². The van der Waals surface area contributed by atoms with Gasteiger partial charge in [0.15, 0.2) is 0 Å². The normalized spacial score (nSPS) is 19.6. The summed E-state index contributed by atoms with van der Waals surface area (Å²) < 4.78 is 27.9. The molecule has 2 rings (SSSR count). The molecule has 2 heterocycles. The predicted octanol–water partition coefficient (Wildman–Crippen LogP) is 1.28. The molecule has 0 bridgehead atoms. The van der Waals surface area contributed by atoms with Gasteiger partial charge in [-0.2, -0.15) is 8.42 Å². The second kappa shape index (κ2) is 4.83. The zero-order chi connectivity index (χ0) is 12.3. The van der Waals surface area contributed by atoms with Gasteiger partial charge < -0.3 is 4.90 Å². The molecular weight excluding hydrogens is 238 g/mol. The van der Waals surface area contributed by atoms with E-state index in [0.717, 1.165) is 25.8 Å². The molecule has 1 aromatic rings. The molecule has 0 aromatic carbocycles. The molecule has 5 nitrogen and oxygen atoms in total. The number of aromatic nitrogens is 1. The molecular formula is C11H15N3O2S. The van der Waals surface area contributed by atoms with E-state index in [2.05, 4.69) is 9.38 Å². The van der Waals surface area contributed by atoms with E-state index in [9.17, 15) is 8.42 Å². The molecule has 0 amide bonds. The summed E-state index contributed by atoms with van der Waals surface area (Å²) in [5, 5.41) is 0. The SMILES string of the molecule is CN1CCCC/C1=N\S(=O)(=O)c1cccnc1. The first-order chi connectivity index (χ1) is 8.09. The second-order valence-electron chi connectivity index (χ2n) is 4.05. The molecule has 0 N–H and O–H groups in total. The minimum Gasteiger partial charge on any atom is -0.362 e. The Bertz CT molecular complexity index is 511. The lowest BCUT2D eigenvalue weighted by molar-refractivity contribution is 0.434. The summed E-state index contributed by atoms with van der Waals surface area (Å²) in [6.07, 6.45) is 5.66. The van der Waals surface area contributed by atoms with Crippen molar-refractivity contribution < 1.29 is 8.42 Å². The summed E-state index contributed by atoms with van der Waals surface area (Å²) in [7, 11) is -1.74. The van der Waals surface area contributed by atoms with E-state index >= 15 is 0 Å².